The first kappa shape index (κ1) is 21.1. The molecular formula is C17H28N2O6. The molecule has 8 nitrogen and oxygen atoms in total. The Morgan fingerprint density at radius 2 is 1.68 bits per heavy atom. The minimum absolute atomic E-state index is 0.104. The first-order valence-electron chi connectivity index (χ1n) is 8.79. The van der Waals surface area contributed by atoms with E-state index in [1.54, 1.807) is 0 Å². The number of hydrogen-bond acceptors (Lipinski definition) is 5. The lowest BCUT2D eigenvalue weighted by atomic mass is 9.93. The molecule has 2 amide bonds. The highest BCUT2D eigenvalue weighted by Gasteiger charge is 2.29. The van der Waals surface area contributed by atoms with Gasteiger partial charge in [-0.2, -0.15) is 0 Å². The van der Waals surface area contributed by atoms with Crippen molar-refractivity contribution in [1.29, 1.82) is 0 Å². The van der Waals surface area contributed by atoms with Gasteiger partial charge < -0.3 is 25.6 Å². The number of nitrogens with one attached hydrogen (secondary N) is 2. The first-order chi connectivity index (χ1) is 11.8. The summed E-state index contributed by atoms with van der Waals surface area (Å²) in [5.41, 5.74) is 0. The Morgan fingerprint density at radius 1 is 1.08 bits per heavy atom. The fourth-order valence-corrected chi connectivity index (χ4v) is 3.05. The monoisotopic (exact) mass is 356 g/mol. The normalized spacial score (nSPS) is 19.1. The van der Waals surface area contributed by atoms with E-state index in [-0.39, 0.29) is 18.8 Å². The lowest BCUT2D eigenvalue weighted by Crippen LogP contribution is -2.51. The van der Waals surface area contributed by atoms with Crippen LogP contribution in [-0.4, -0.2) is 52.5 Å². The van der Waals surface area contributed by atoms with Gasteiger partial charge in [-0.3, -0.25) is 14.4 Å². The molecule has 0 aliphatic heterocycles. The molecule has 0 spiro atoms. The molecule has 142 valence electrons. The smallest absolute Gasteiger partial charge is 0.305 e. The van der Waals surface area contributed by atoms with Crippen molar-refractivity contribution in [2.24, 2.45) is 5.92 Å². The maximum absolute atomic E-state index is 12.2. The van der Waals surface area contributed by atoms with Gasteiger partial charge in [0.05, 0.1) is 6.42 Å². The highest BCUT2D eigenvalue weighted by molar-refractivity contribution is 5.89. The summed E-state index contributed by atoms with van der Waals surface area (Å²) < 4.78 is 0. The Labute approximate surface area is 147 Å². The van der Waals surface area contributed by atoms with Crippen LogP contribution in [0.1, 0.15) is 58.3 Å². The number of aldehydes is 1. The number of rotatable bonds is 9. The van der Waals surface area contributed by atoms with Crippen molar-refractivity contribution in [2.75, 3.05) is 0 Å². The van der Waals surface area contributed by atoms with Crippen molar-refractivity contribution in [3.63, 3.8) is 0 Å². The van der Waals surface area contributed by atoms with Gasteiger partial charge in [0.25, 0.3) is 0 Å². The van der Waals surface area contributed by atoms with Crippen LogP contribution in [0.2, 0.25) is 0 Å². The molecule has 1 aliphatic rings. The van der Waals surface area contributed by atoms with Gasteiger partial charge in [-0.05, 0) is 25.7 Å². The fourth-order valence-electron chi connectivity index (χ4n) is 3.05. The standard InChI is InChI=1S/C17H28N2O6/c1-11(16(24)19-13(8-9-20)10-14(21)22)18-17(25)15(23)12-6-4-2-3-5-7-12/h9,11-13,15,23H,2-8,10H2,1H3,(H,18,25)(H,19,24)(H,21,22)/t11-,13+,15?/m0/s1. The van der Waals surface area contributed by atoms with Crippen molar-refractivity contribution in [1.82, 2.24) is 10.6 Å². The predicted molar refractivity (Wildman–Crippen MR) is 89.7 cm³/mol. The van der Waals surface area contributed by atoms with Crippen LogP contribution in [0.5, 0.6) is 0 Å². The Morgan fingerprint density at radius 3 is 2.20 bits per heavy atom. The number of carbonyl (C=O) groups excluding carboxylic acids is 3. The zero-order chi connectivity index (χ0) is 18.8. The molecule has 1 aliphatic carbocycles. The molecule has 1 saturated carbocycles. The predicted octanol–water partition coefficient (Wildman–Crippen LogP) is 0.371. The van der Waals surface area contributed by atoms with E-state index in [9.17, 15) is 24.3 Å². The highest BCUT2D eigenvalue weighted by Crippen LogP contribution is 2.25. The molecule has 25 heavy (non-hydrogen) atoms. The van der Waals surface area contributed by atoms with Gasteiger partial charge in [-0.1, -0.05) is 25.7 Å². The third-order valence-corrected chi connectivity index (χ3v) is 4.52. The van der Waals surface area contributed by atoms with Gasteiger partial charge in [0.15, 0.2) is 0 Å². The molecule has 0 radical (unpaired) electrons. The number of carboxylic acids is 1. The van der Waals surface area contributed by atoms with E-state index in [0.717, 1.165) is 38.5 Å². The quantitative estimate of drug-likeness (QED) is 0.348. The van der Waals surface area contributed by atoms with Crippen LogP contribution in [0.15, 0.2) is 0 Å². The second kappa shape index (κ2) is 10.8. The Kier molecular flexibility index (Phi) is 9.12. The number of aliphatic carboxylic acids is 1. The number of carbonyl (C=O) groups is 4. The average molecular weight is 356 g/mol. The molecule has 0 heterocycles. The average Bonchev–Trinajstić information content (AvgIpc) is 2.82. The number of hydrogen-bond donors (Lipinski definition) is 4. The van der Waals surface area contributed by atoms with Gasteiger partial charge in [-0.15, -0.1) is 0 Å². The Hall–Kier alpha value is -1.96. The van der Waals surface area contributed by atoms with Gasteiger partial charge in [0.1, 0.15) is 18.4 Å². The van der Waals surface area contributed by atoms with Crippen molar-refractivity contribution in [2.45, 2.75) is 76.5 Å². The van der Waals surface area contributed by atoms with Crippen molar-refractivity contribution in [3.8, 4) is 0 Å². The van der Waals surface area contributed by atoms with Crippen LogP contribution in [0, 0.1) is 5.92 Å². The summed E-state index contributed by atoms with van der Waals surface area (Å²) in [6.07, 6.45) is 4.62. The summed E-state index contributed by atoms with van der Waals surface area (Å²) >= 11 is 0. The van der Waals surface area contributed by atoms with Gasteiger partial charge in [-0.25, -0.2) is 0 Å². The van der Waals surface area contributed by atoms with Crippen LogP contribution in [0.3, 0.4) is 0 Å². The van der Waals surface area contributed by atoms with Crippen molar-refractivity contribution >= 4 is 24.1 Å². The first-order valence-corrected chi connectivity index (χ1v) is 8.79. The summed E-state index contributed by atoms with van der Waals surface area (Å²) in [4.78, 5) is 45.6. The maximum atomic E-state index is 12.2. The van der Waals surface area contributed by atoms with Crippen LogP contribution in [0.4, 0.5) is 0 Å². The summed E-state index contributed by atoms with van der Waals surface area (Å²) in [6.45, 7) is 1.45. The summed E-state index contributed by atoms with van der Waals surface area (Å²) in [6, 6.07) is -1.76. The zero-order valence-corrected chi connectivity index (χ0v) is 14.6. The van der Waals surface area contributed by atoms with Gasteiger partial charge in [0.2, 0.25) is 11.8 Å². The van der Waals surface area contributed by atoms with Crippen LogP contribution in [-0.2, 0) is 19.2 Å². The third kappa shape index (κ3) is 7.64. The van der Waals surface area contributed by atoms with E-state index in [2.05, 4.69) is 10.6 Å². The Balaban J connectivity index is 2.52. The van der Waals surface area contributed by atoms with Crippen LogP contribution < -0.4 is 10.6 Å². The maximum Gasteiger partial charge on any atom is 0.305 e. The number of aliphatic hydroxyl groups is 1. The second-order valence-corrected chi connectivity index (χ2v) is 6.63. The molecule has 0 aromatic carbocycles. The van der Waals surface area contributed by atoms with E-state index < -0.39 is 36.0 Å². The molecule has 0 saturated heterocycles. The molecule has 8 heteroatoms. The minimum Gasteiger partial charge on any atom is -0.481 e. The zero-order valence-electron chi connectivity index (χ0n) is 14.6. The molecule has 3 atom stereocenters. The lowest BCUT2D eigenvalue weighted by Gasteiger charge is -2.23. The van der Waals surface area contributed by atoms with Gasteiger partial charge in [0, 0.05) is 12.5 Å². The largest absolute Gasteiger partial charge is 0.481 e. The van der Waals surface area contributed by atoms with Crippen LogP contribution >= 0.6 is 0 Å². The lowest BCUT2D eigenvalue weighted by molar-refractivity contribution is -0.139. The van der Waals surface area contributed by atoms with Crippen molar-refractivity contribution < 1.29 is 29.4 Å². The summed E-state index contributed by atoms with van der Waals surface area (Å²) in [5, 5.41) is 23.9. The highest BCUT2D eigenvalue weighted by atomic mass is 16.4. The van der Waals surface area contributed by atoms with E-state index in [1.165, 1.54) is 6.92 Å². The molecule has 0 aromatic heterocycles. The molecule has 4 N–H and O–H groups in total. The molecule has 0 aromatic rings. The molecule has 1 rings (SSSR count). The number of carboxylic acid groups (broad SMARTS) is 1. The fraction of sp³-hybridized carbons (Fsp3) is 0.765. The molecular weight excluding hydrogens is 328 g/mol. The van der Waals surface area contributed by atoms with E-state index in [0.29, 0.717) is 6.29 Å². The number of aliphatic hydroxyl groups excluding tert-OH is 1. The summed E-state index contributed by atoms with van der Waals surface area (Å²) in [7, 11) is 0. The third-order valence-electron chi connectivity index (χ3n) is 4.52. The second-order valence-electron chi connectivity index (χ2n) is 6.63. The Bertz CT molecular complexity index is 474. The van der Waals surface area contributed by atoms with E-state index >= 15 is 0 Å². The molecule has 1 unspecified atom stereocenters. The van der Waals surface area contributed by atoms with Crippen molar-refractivity contribution in [3.05, 3.63) is 0 Å². The van der Waals surface area contributed by atoms with Gasteiger partial charge >= 0.3 is 5.97 Å². The SMILES string of the molecule is C[C@H](NC(=O)C(O)C1CCCCCC1)C(=O)N[C@H](CC=O)CC(=O)O. The summed E-state index contributed by atoms with van der Waals surface area (Å²) in [5.74, 6) is -2.42. The number of amides is 2. The van der Waals surface area contributed by atoms with Crippen LogP contribution in [0.25, 0.3) is 0 Å². The minimum atomic E-state index is -1.15. The topological polar surface area (TPSA) is 133 Å². The molecule has 1 fully saturated rings. The van der Waals surface area contributed by atoms with E-state index in [4.69, 9.17) is 5.11 Å². The molecule has 0 bridgehead atoms. The van der Waals surface area contributed by atoms with E-state index in [1.807, 2.05) is 0 Å².